The standard InChI is InChI=1S/C21H35N7O2S/c1-15(2)28-21-18(13-23-28)20(25-31(29,30)26(3)4)12-19(24-21)17-8-6-7-16(11-17)14-27(5)10-9-22/h6-8,11,13,15,19-20,24-25H,9-10,12,14,22H2,1-5H3. The average Bonchev–Trinajstić information content (AvgIpc) is 3.12. The van der Waals surface area contributed by atoms with Crippen LogP contribution in [0.1, 0.15) is 55.1 Å². The lowest BCUT2D eigenvalue weighted by atomic mass is 9.92. The number of aromatic nitrogens is 2. The Morgan fingerprint density at radius 3 is 2.71 bits per heavy atom. The van der Waals surface area contributed by atoms with E-state index in [1.807, 2.05) is 4.68 Å². The molecule has 4 N–H and O–H groups in total. The third kappa shape index (κ3) is 5.45. The van der Waals surface area contributed by atoms with Crippen LogP contribution < -0.4 is 15.8 Å². The van der Waals surface area contributed by atoms with E-state index in [1.165, 1.54) is 24.0 Å². The molecule has 0 fully saturated rings. The van der Waals surface area contributed by atoms with Crippen LogP contribution in [0.4, 0.5) is 5.82 Å². The fourth-order valence-corrected chi connectivity index (χ4v) is 4.69. The lowest BCUT2D eigenvalue weighted by Crippen LogP contribution is -2.40. The summed E-state index contributed by atoms with van der Waals surface area (Å²) < 4.78 is 31.1. The van der Waals surface area contributed by atoms with Gasteiger partial charge in [0.2, 0.25) is 0 Å². The van der Waals surface area contributed by atoms with E-state index in [0.29, 0.717) is 13.0 Å². The van der Waals surface area contributed by atoms with Crippen molar-refractivity contribution in [1.82, 2.24) is 23.7 Å². The molecule has 31 heavy (non-hydrogen) atoms. The van der Waals surface area contributed by atoms with Crippen molar-refractivity contribution in [3.63, 3.8) is 0 Å². The molecule has 2 atom stereocenters. The van der Waals surface area contributed by atoms with E-state index < -0.39 is 10.2 Å². The minimum atomic E-state index is -3.59. The second-order valence-electron chi connectivity index (χ2n) is 8.65. The minimum absolute atomic E-state index is 0.0451. The van der Waals surface area contributed by atoms with Crippen LogP contribution in [-0.4, -0.2) is 61.6 Å². The van der Waals surface area contributed by atoms with Gasteiger partial charge in [0.25, 0.3) is 10.2 Å². The van der Waals surface area contributed by atoms with Gasteiger partial charge in [-0.05, 0) is 38.4 Å². The molecule has 0 saturated carbocycles. The van der Waals surface area contributed by atoms with Crippen LogP contribution >= 0.6 is 0 Å². The Morgan fingerprint density at radius 2 is 2.06 bits per heavy atom. The molecule has 0 amide bonds. The molecule has 10 heteroatoms. The summed E-state index contributed by atoms with van der Waals surface area (Å²) in [5.74, 6) is 0.864. The lowest BCUT2D eigenvalue weighted by Gasteiger charge is -2.33. The molecule has 2 aromatic rings. The first-order valence-corrected chi connectivity index (χ1v) is 12.1. The molecule has 0 radical (unpaired) electrons. The minimum Gasteiger partial charge on any atom is -0.363 e. The molecule has 1 aromatic carbocycles. The van der Waals surface area contributed by atoms with Gasteiger partial charge >= 0.3 is 0 Å². The number of hydrogen-bond acceptors (Lipinski definition) is 6. The van der Waals surface area contributed by atoms with Gasteiger partial charge in [0, 0.05) is 45.3 Å². The third-order valence-electron chi connectivity index (χ3n) is 5.56. The highest BCUT2D eigenvalue weighted by Crippen LogP contribution is 2.40. The summed E-state index contributed by atoms with van der Waals surface area (Å²) in [4.78, 5) is 2.19. The summed E-state index contributed by atoms with van der Waals surface area (Å²) in [7, 11) is 1.52. The molecule has 172 valence electrons. The number of nitrogens with zero attached hydrogens (tertiary/aromatic N) is 4. The van der Waals surface area contributed by atoms with Crippen molar-refractivity contribution in [3.8, 4) is 0 Å². The summed E-state index contributed by atoms with van der Waals surface area (Å²) in [6.07, 6.45) is 2.35. The monoisotopic (exact) mass is 449 g/mol. The van der Waals surface area contributed by atoms with Crippen LogP contribution in [0.15, 0.2) is 30.5 Å². The molecule has 0 aliphatic carbocycles. The van der Waals surface area contributed by atoms with Crippen molar-refractivity contribution >= 4 is 16.0 Å². The van der Waals surface area contributed by atoms with E-state index in [9.17, 15) is 8.42 Å². The summed E-state index contributed by atoms with van der Waals surface area (Å²) in [6, 6.07) is 8.16. The fourth-order valence-electron chi connectivity index (χ4n) is 3.89. The van der Waals surface area contributed by atoms with Crippen LogP contribution in [0.3, 0.4) is 0 Å². The van der Waals surface area contributed by atoms with Gasteiger partial charge in [-0.15, -0.1) is 0 Å². The van der Waals surface area contributed by atoms with Gasteiger partial charge in [-0.25, -0.2) is 4.68 Å². The Bertz CT molecular complexity index is 987. The molecule has 2 unspecified atom stereocenters. The van der Waals surface area contributed by atoms with Crippen LogP contribution in [0, 0.1) is 0 Å². The van der Waals surface area contributed by atoms with Crippen molar-refractivity contribution in [2.24, 2.45) is 5.73 Å². The molecule has 1 aromatic heterocycles. The van der Waals surface area contributed by atoms with Gasteiger partial charge in [-0.1, -0.05) is 24.3 Å². The van der Waals surface area contributed by atoms with E-state index in [0.717, 1.165) is 30.0 Å². The van der Waals surface area contributed by atoms with E-state index in [2.05, 4.69) is 65.2 Å². The number of benzene rings is 1. The van der Waals surface area contributed by atoms with Gasteiger partial charge in [0.1, 0.15) is 5.82 Å². The molecular weight excluding hydrogens is 414 g/mol. The molecule has 0 spiro atoms. The molecule has 0 saturated heterocycles. The smallest absolute Gasteiger partial charge is 0.279 e. The van der Waals surface area contributed by atoms with Gasteiger partial charge in [-0.3, -0.25) is 0 Å². The molecular formula is C21H35N7O2S. The number of anilines is 1. The summed E-state index contributed by atoms with van der Waals surface area (Å²) in [6.45, 7) is 6.38. The van der Waals surface area contributed by atoms with Crippen molar-refractivity contribution in [3.05, 3.63) is 47.2 Å². The molecule has 1 aliphatic rings. The zero-order valence-corrected chi connectivity index (χ0v) is 19.9. The van der Waals surface area contributed by atoms with E-state index in [1.54, 1.807) is 6.20 Å². The first-order chi connectivity index (χ1) is 14.6. The normalized spacial score (nSPS) is 19.1. The highest BCUT2D eigenvalue weighted by Gasteiger charge is 2.34. The van der Waals surface area contributed by atoms with Crippen LogP contribution in [0.25, 0.3) is 0 Å². The summed E-state index contributed by atoms with van der Waals surface area (Å²) >= 11 is 0. The maximum Gasteiger partial charge on any atom is 0.279 e. The number of fused-ring (bicyclic) bond motifs is 1. The quantitative estimate of drug-likeness (QED) is 0.539. The number of rotatable bonds is 9. The van der Waals surface area contributed by atoms with Gasteiger partial charge in [-0.2, -0.15) is 22.5 Å². The first kappa shape index (κ1) is 23.7. The molecule has 3 rings (SSSR count). The van der Waals surface area contributed by atoms with E-state index in [4.69, 9.17) is 5.73 Å². The number of nitrogens with one attached hydrogen (secondary N) is 2. The van der Waals surface area contributed by atoms with Gasteiger partial charge in [0.05, 0.1) is 18.3 Å². The van der Waals surface area contributed by atoms with Crippen molar-refractivity contribution in [2.75, 3.05) is 39.5 Å². The lowest BCUT2D eigenvalue weighted by molar-refractivity contribution is 0.336. The van der Waals surface area contributed by atoms with Crippen molar-refractivity contribution in [1.29, 1.82) is 0 Å². The second kappa shape index (κ2) is 9.66. The Kier molecular flexibility index (Phi) is 7.38. The maximum absolute atomic E-state index is 12.6. The molecule has 2 heterocycles. The van der Waals surface area contributed by atoms with E-state index >= 15 is 0 Å². The predicted molar refractivity (Wildman–Crippen MR) is 124 cm³/mol. The van der Waals surface area contributed by atoms with Crippen LogP contribution in [0.5, 0.6) is 0 Å². The first-order valence-electron chi connectivity index (χ1n) is 10.6. The average molecular weight is 450 g/mol. The van der Waals surface area contributed by atoms with Crippen LogP contribution in [-0.2, 0) is 16.8 Å². The van der Waals surface area contributed by atoms with E-state index in [-0.39, 0.29) is 18.1 Å². The largest absolute Gasteiger partial charge is 0.363 e. The Labute approximate surface area is 185 Å². The number of nitrogens with two attached hydrogens (primary N) is 1. The van der Waals surface area contributed by atoms with Crippen molar-refractivity contribution in [2.45, 2.75) is 44.9 Å². The fraction of sp³-hybridized carbons (Fsp3) is 0.571. The Morgan fingerprint density at radius 1 is 1.32 bits per heavy atom. The number of likely N-dealkylation sites (N-methyl/N-ethyl adjacent to an activating group) is 1. The maximum atomic E-state index is 12.6. The van der Waals surface area contributed by atoms with Crippen LogP contribution in [0.2, 0.25) is 0 Å². The Hall–Kier alpha value is -1.98. The summed E-state index contributed by atoms with van der Waals surface area (Å²) in [5, 5.41) is 8.13. The van der Waals surface area contributed by atoms with Gasteiger partial charge < -0.3 is 16.0 Å². The molecule has 0 bridgehead atoms. The zero-order chi connectivity index (χ0) is 22.8. The topological polar surface area (TPSA) is 109 Å². The highest BCUT2D eigenvalue weighted by atomic mass is 32.2. The zero-order valence-electron chi connectivity index (χ0n) is 19.0. The number of hydrogen-bond donors (Lipinski definition) is 3. The third-order valence-corrected chi connectivity index (χ3v) is 7.10. The second-order valence-corrected chi connectivity index (χ2v) is 10.6. The molecule has 1 aliphatic heterocycles. The SMILES string of the molecule is CC(C)n1ncc2c1NC(c1cccc(CN(C)CCN)c1)CC2NS(=O)(=O)N(C)C. The highest BCUT2D eigenvalue weighted by molar-refractivity contribution is 7.87. The molecule has 9 nitrogen and oxygen atoms in total. The summed E-state index contributed by atoms with van der Waals surface area (Å²) in [5.41, 5.74) is 8.86. The predicted octanol–water partition coefficient (Wildman–Crippen LogP) is 1.85. The van der Waals surface area contributed by atoms with Gasteiger partial charge in [0.15, 0.2) is 0 Å². The Balaban J connectivity index is 1.93. The van der Waals surface area contributed by atoms with Crippen molar-refractivity contribution < 1.29 is 8.42 Å².